The molecule has 1 fully saturated rings. The Kier molecular flexibility index (Phi) is 4.03. The van der Waals surface area contributed by atoms with Gasteiger partial charge in [0.1, 0.15) is 0 Å². The smallest absolute Gasteiger partial charge is 0.254 e. The second-order valence-electron chi connectivity index (χ2n) is 5.84. The molecule has 1 saturated heterocycles. The molecule has 0 N–H and O–H groups in total. The third kappa shape index (κ3) is 2.86. The van der Waals surface area contributed by atoms with Crippen molar-refractivity contribution in [3.63, 3.8) is 0 Å². The van der Waals surface area contributed by atoms with E-state index in [-0.39, 0.29) is 5.91 Å². The first-order valence-electron chi connectivity index (χ1n) is 7.52. The van der Waals surface area contributed by atoms with Gasteiger partial charge < -0.3 is 9.80 Å². The summed E-state index contributed by atoms with van der Waals surface area (Å²) in [7, 11) is 2.17. The molecular formula is C16H23N3O. The molecule has 3 rings (SSSR count). The monoisotopic (exact) mass is 273 g/mol. The predicted octanol–water partition coefficient (Wildman–Crippen LogP) is 0.932. The number of rotatable bonds is 3. The number of amides is 1. The van der Waals surface area contributed by atoms with Crippen molar-refractivity contribution in [3.05, 3.63) is 35.4 Å². The Morgan fingerprint density at radius 1 is 1.00 bits per heavy atom. The predicted molar refractivity (Wildman–Crippen MR) is 80.0 cm³/mol. The van der Waals surface area contributed by atoms with Crippen LogP contribution >= 0.6 is 0 Å². The van der Waals surface area contributed by atoms with Gasteiger partial charge in [-0.05, 0) is 25.1 Å². The molecule has 0 unspecified atom stereocenters. The number of likely N-dealkylation sites (N-methyl/N-ethyl adjacent to an activating group) is 1. The summed E-state index contributed by atoms with van der Waals surface area (Å²) in [6.45, 7) is 7.24. The van der Waals surface area contributed by atoms with Crippen molar-refractivity contribution >= 4 is 5.91 Å². The molecule has 0 bridgehead atoms. The minimum atomic E-state index is 0.209. The normalized spacial score (nSPS) is 21.1. The van der Waals surface area contributed by atoms with Crippen molar-refractivity contribution in [3.8, 4) is 0 Å². The van der Waals surface area contributed by atoms with Gasteiger partial charge >= 0.3 is 0 Å². The number of piperazine rings is 1. The highest BCUT2D eigenvalue weighted by atomic mass is 16.2. The van der Waals surface area contributed by atoms with E-state index in [9.17, 15) is 4.79 Å². The summed E-state index contributed by atoms with van der Waals surface area (Å²) in [6.07, 6.45) is 0.991. The van der Waals surface area contributed by atoms with Gasteiger partial charge in [-0.2, -0.15) is 0 Å². The second-order valence-corrected chi connectivity index (χ2v) is 5.84. The maximum atomic E-state index is 12.4. The van der Waals surface area contributed by atoms with Crippen molar-refractivity contribution in [2.75, 3.05) is 52.9 Å². The maximum absolute atomic E-state index is 12.4. The lowest BCUT2D eigenvalue weighted by molar-refractivity contribution is 0.0699. The van der Waals surface area contributed by atoms with Crippen LogP contribution in [0.3, 0.4) is 0 Å². The van der Waals surface area contributed by atoms with Crippen LogP contribution in [0.5, 0.6) is 0 Å². The summed E-state index contributed by atoms with van der Waals surface area (Å²) < 4.78 is 0. The fraction of sp³-hybridized carbons (Fsp3) is 0.562. The van der Waals surface area contributed by atoms with Crippen LogP contribution < -0.4 is 0 Å². The van der Waals surface area contributed by atoms with Crippen LogP contribution in [-0.4, -0.2) is 73.5 Å². The zero-order valence-corrected chi connectivity index (χ0v) is 12.2. The molecule has 0 atom stereocenters. The standard InChI is InChI=1S/C16H23N3O/c1-17-8-10-18(11-9-17)12-13-19-7-6-14-4-2-3-5-15(14)16(19)20/h2-5H,6-13H2,1H3. The average molecular weight is 273 g/mol. The molecule has 0 aliphatic carbocycles. The molecule has 0 radical (unpaired) electrons. The van der Waals surface area contributed by atoms with Gasteiger partial charge in [0.05, 0.1) is 0 Å². The second kappa shape index (κ2) is 5.94. The van der Waals surface area contributed by atoms with Crippen molar-refractivity contribution in [1.29, 1.82) is 0 Å². The van der Waals surface area contributed by atoms with E-state index in [1.165, 1.54) is 5.56 Å². The Hall–Kier alpha value is -1.39. The first-order chi connectivity index (χ1) is 9.74. The van der Waals surface area contributed by atoms with Crippen molar-refractivity contribution < 1.29 is 4.79 Å². The molecule has 1 aromatic carbocycles. The quantitative estimate of drug-likeness (QED) is 0.820. The van der Waals surface area contributed by atoms with E-state index in [1.807, 2.05) is 23.1 Å². The zero-order valence-electron chi connectivity index (χ0n) is 12.2. The van der Waals surface area contributed by atoms with Crippen LogP contribution in [0.25, 0.3) is 0 Å². The van der Waals surface area contributed by atoms with Crippen LogP contribution in [-0.2, 0) is 6.42 Å². The van der Waals surface area contributed by atoms with E-state index in [0.29, 0.717) is 0 Å². The Labute approximate surface area is 121 Å². The number of nitrogens with zero attached hydrogens (tertiary/aromatic N) is 3. The Bertz CT molecular complexity index is 480. The van der Waals surface area contributed by atoms with Crippen LogP contribution in [0.2, 0.25) is 0 Å². The van der Waals surface area contributed by atoms with E-state index in [0.717, 1.165) is 57.8 Å². The van der Waals surface area contributed by atoms with Gasteiger partial charge in [0.15, 0.2) is 0 Å². The minimum absolute atomic E-state index is 0.209. The van der Waals surface area contributed by atoms with Crippen LogP contribution in [0.15, 0.2) is 24.3 Å². The van der Waals surface area contributed by atoms with Gasteiger partial charge in [0.2, 0.25) is 0 Å². The third-order valence-electron chi connectivity index (χ3n) is 4.47. The molecule has 20 heavy (non-hydrogen) atoms. The molecular weight excluding hydrogens is 250 g/mol. The van der Waals surface area contributed by atoms with E-state index in [1.54, 1.807) is 0 Å². The summed E-state index contributed by atoms with van der Waals surface area (Å²) >= 11 is 0. The van der Waals surface area contributed by atoms with E-state index < -0.39 is 0 Å². The molecule has 4 nitrogen and oxygen atoms in total. The number of hydrogen-bond donors (Lipinski definition) is 0. The van der Waals surface area contributed by atoms with Crippen LogP contribution in [0.1, 0.15) is 15.9 Å². The van der Waals surface area contributed by atoms with Crippen molar-refractivity contribution in [1.82, 2.24) is 14.7 Å². The largest absolute Gasteiger partial charge is 0.337 e. The molecule has 0 aromatic heterocycles. The molecule has 1 aromatic rings. The van der Waals surface area contributed by atoms with Crippen molar-refractivity contribution in [2.45, 2.75) is 6.42 Å². The Morgan fingerprint density at radius 2 is 1.75 bits per heavy atom. The van der Waals surface area contributed by atoms with Crippen LogP contribution in [0, 0.1) is 0 Å². The van der Waals surface area contributed by atoms with Crippen molar-refractivity contribution in [2.24, 2.45) is 0 Å². The molecule has 0 spiro atoms. The van der Waals surface area contributed by atoms with Crippen LogP contribution in [0.4, 0.5) is 0 Å². The first-order valence-corrected chi connectivity index (χ1v) is 7.52. The lowest BCUT2D eigenvalue weighted by atomic mass is 9.99. The molecule has 0 saturated carbocycles. The lowest BCUT2D eigenvalue weighted by Crippen LogP contribution is -2.48. The molecule has 108 valence electrons. The van der Waals surface area contributed by atoms with E-state index in [4.69, 9.17) is 0 Å². The molecule has 2 heterocycles. The fourth-order valence-corrected chi connectivity index (χ4v) is 3.02. The highest BCUT2D eigenvalue weighted by Crippen LogP contribution is 2.18. The Morgan fingerprint density at radius 3 is 2.55 bits per heavy atom. The number of benzene rings is 1. The van der Waals surface area contributed by atoms with Gasteiger partial charge in [-0.3, -0.25) is 9.69 Å². The minimum Gasteiger partial charge on any atom is -0.337 e. The van der Waals surface area contributed by atoms with Gasteiger partial charge in [-0.1, -0.05) is 18.2 Å². The first kappa shape index (κ1) is 13.6. The number of carbonyl (C=O) groups is 1. The highest BCUT2D eigenvalue weighted by molar-refractivity contribution is 5.96. The summed E-state index contributed by atoms with van der Waals surface area (Å²) in [5, 5.41) is 0. The topological polar surface area (TPSA) is 26.8 Å². The van der Waals surface area contributed by atoms with Gasteiger partial charge in [-0.25, -0.2) is 0 Å². The number of fused-ring (bicyclic) bond motifs is 1. The molecule has 2 aliphatic heterocycles. The third-order valence-corrected chi connectivity index (χ3v) is 4.47. The SMILES string of the molecule is CN1CCN(CCN2CCc3ccccc3C2=O)CC1. The van der Waals surface area contributed by atoms with Gasteiger partial charge in [0, 0.05) is 51.4 Å². The highest BCUT2D eigenvalue weighted by Gasteiger charge is 2.24. The average Bonchev–Trinajstić information content (AvgIpc) is 2.49. The lowest BCUT2D eigenvalue weighted by Gasteiger charge is -2.35. The zero-order chi connectivity index (χ0) is 13.9. The summed E-state index contributed by atoms with van der Waals surface area (Å²) in [4.78, 5) is 19.3. The Balaban J connectivity index is 1.56. The number of carbonyl (C=O) groups excluding carboxylic acids is 1. The summed E-state index contributed by atoms with van der Waals surface area (Å²) in [6, 6.07) is 8.01. The molecule has 1 amide bonds. The maximum Gasteiger partial charge on any atom is 0.254 e. The van der Waals surface area contributed by atoms with E-state index in [2.05, 4.69) is 22.9 Å². The van der Waals surface area contributed by atoms with Gasteiger partial charge in [-0.15, -0.1) is 0 Å². The number of hydrogen-bond acceptors (Lipinski definition) is 3. The van der Waals surface area contributed by atoms with Gasteiger partial charge in [0.25, 0.3) is 5.91 Å². The summed E-state index contributed by atoms with van der Waals surface area (Å²) in [5.41, 5.74) is 2.10. The molecule has 4 heteroatoms. The van der Waals surface area contributed by atoms with E-state index >= 15 is 0 Å². The molecule has 2 aliphatic rings. The summed E-state index contributed by atoms with van der Waals surface area (Å²) in [5.74, 6) is 0.209. The fourth-order valence-electron chi connectivity index (χ4n) is 3.02.